The Hall–Kier alpha value is -0.910. The normalized spacial score (nSPS) is 15.8. The van der Waals surface area contributed by atoms with E-state index in [4.69, 9.17) is 10.8 Å². The minimum absolute atomic E-state index is 0.00401. The summed E-state index contributed by atoms with van der Waals surface area (Å²) in [5.74, 6) is -1.20. The lowest BCUT2D eigenvalue weighted by Gasteiger charge is -2.16. The van der Waals surface area contributed by atoms with Crippen molar-refractivity contribution in [2.45, 2.75) is 38.3 Å². The average Bonchev–Trinajstić information content (AvgIpc) is 2.63. The third-order valence-electron chi connectivity index (χ3n) is 2.28. The van der Waals surface area contributed by atoms with E-state index in [0.29, 0.717) is 4.88 Å². The molecule has 1 heterocycles. The first kappa shape index (κ1) is 13.2. The van der Waals surface area contributed by atoms with Crippen molar-refractivity contribution in [3.05, 3.63) is 21.9 Å². The van der Waals surface area contributed by atoms with Crippen LogP contribution in [0, 0.1) is 0 Å². The monoisotopic (exact) mass is 243 g/mol. The molecule has 0 radical (unpaired) electrons. The molecule has 0 aromatic carbocycles. The fourth-order valence-electron chi connectivity index (χ4n) is 1.23. The first-order valence-electron chi connectivity index (χ1n) is 5.00. The van der Waals surface area contributed by atoms with Gasteiger partial charge in [0.05, 0.1) is 0 Å². The van der Waals surface area contributed by atoms with Gasteiger partial charge in [0.2, 0.25) is 0 Å². The molecule has 16 heavy (non-hydrogen) atoms. The number of aliphatic hydroxyl groups is 1. The molecule has 0 amide bonds. The van der Waals surface area contributed by atoms with E-state index in [0.717, 1.165) is 4.88 Å². The largest absolute Gasteiger partial charge is 0.480 e. The van der Waals surface area contributed by atoms with Crippen molar-refractivity contribution < 1.29 is 15.0 Å². The Kier molecular flexibility index (Phi) is 3.72. The van der Waals surface area contributed by atoms with Gasteiger partial charge in [-0.15, -0.1) is 11.3 Å². The second kappa shape index (κ2) is 4.53. The molecule has 4 N–H and O–H groups in total. The molecule has 5 heteroatoms. The van der Waals surface area contributed by atoms with Crippen molar-refractivity contribution in [3.8, 4) is 0 Å². The molecule has 0 aliphatic rings. The van der Waals surface area contributed by atoms with Gasteiger partial charge in [-0.2, -0.15) is 0 Å². The number of carboxylic acids is 1. The molecule has 90 valence electrons. The Morgan fingerprint density at radius 2 is 2.00 bits per heavy atom. The second-order valence-corrected chi connectivity index (χ2v) is 5.88. The second-order valence-electron chi connectivity index (χ2n) is 4.76. The molecule has 0 bridgehead atoms. The zero-order valence-electron chi connectivity index (χ0n) is 9.60. The quantitative estimate of drug-likeness (QED) is 0.751. The lowest BCUT2D eigenvalue weighted by molar-refractivity contribution is -0.141. The number of carboxylic acid groups (broad SMARTS) is 1. The van der Waals surface area contributed by atoms with Crippen molar-refractivity contribution >= 4 is 17.3 Å². The summed E-state index contributed by atoms with van der Waals surface area (Å²) < 4.78 is 0. The fraction of sp³-hybridized carbons (Fsp3) is 0.545. The summed E-state index contributed by atoms with van der Waals surface area (Å²) in [6, 6.07) is 2.36. The average molecular weight is 243 g/mol. The Balaban J connectivity index is 2.90. The molecule has 0 fully saturated rings. The Morgan fingerprint density at radius 1 is 1.44 bits per heavy atom. The van der Waals surface area contributed by atoms with Crippen molar-refractivity contribution in [3.63, 3.8) is 0 Å². The molecule has 0 aliphatic carbocycles. The van der Waals surface area contributed by atoms with Gasteiger partial charge in [-0.05, 0) is 17.5 Å². The van der Waals surface area contributed by atoms with Gasteiger partial charge in [-0.25, -0.2) is 0 Å². The highest BCUT2D eigenvalue weighted by atomic mass is 32.1. The predicted molar refractivity (Wildman–Crippen MR) is 63.6 cm³/mol. The van der Waals surface area contributed by atoms with Gasteiger partial charge in [0.15, 0.2) is 0 Å². The van der Waals surface area contributed by atoms with Crippen molar-refractivity contribution in [1.82, 2.24) is 0 Å². The lowest BCUT2D eigenvalue weighted by atomic mass is 9.95. The van der Waals surface area contributed by atoms with Crippen molar-refractivity contribution in [2.24, 2.45) is 5.73 Å². The molecular weight excluding hydrogens is 226 g/mol. The van der Waals surface area contributed by atoms with Gasteiger partial charge in [-0.1, -0.05) is 20.8 Å². The summed E-state index contributed by atoms with van der Waals surface area (Å²) >= 11 is 1.40. The Morgan fingerprint density at radius 3 is 2.38 bits per heavy atom. The van der Waals surface area contributed by atoms with E-state index in [-0.39, 0.29) is 5.41 Å². The topological polar surface area (TPSA) is 83.5 Å². The highest BCUT2D eigenvalue weighted by Gasteiger charge is 2.26. The molecule has 1 aromatic rings. The van der Waals surface area contributed by atoms with E-state index in [2.05, 4.69) is 20.8 Å². The number of carbonyl (C=O) groups is 1. The highest BCUT2D eigenvalue weighted by Crippen LogP contribution is 2.32. The lowest BCUT2D eigenvalue weighted by Crippen LogP contribution is -2.36. The van der Waals surface area contributed by atoms with Crippen LogP contribution in [0.15, 0.2) is 12.1 Å². The van der Waals surface area contributed by atoms with Crippen LogP contribution in [-0.4, -0.2) is 22.2 Å². The molecular formula is C11H17NO3S. The van der Waals surface area contributed by atoms with E-state index in [1.807, 2.05) is 6.07 Å². The van der Waals surface area contributed by atoms with Crippen LogP contribution in [0.4, 0.5) is 0 Å². The van der Waals surface area contributed by atoms with E-state index >= 15 is 0 Å². The van der Waals surface area contributed by atoms with E-state index in [1.165, 1.54) is 11.3 Å². The zero-order chi connectivity index (χ0) is 12.5. The number of aliphatic carboxylic acids is 1. The van der Waals surface area contributed by atoms with Crippen LogP contribution in [0.5, 0.6) is 0 Å². The van der Waals surface area contributed by atoms with Crippen LogP contribution >= 0.6 is 11.3 Å². The number of hydrogen-bond donors (Lipinski definition) is 3. The smallest absolute Gasteiger partial charge is 0.323 e. The number of nitrogens with two attached hydrogens (primary N) is 1. The summed E-state index contributed by atoms with van der Waals surface area (Å²) in [5.41, 5.74) is 5.36. The first-order valence-corrected chi connectivity index (χ1v) is 5.82. The maximum Gasteiger partial charge on any atom is 0.323 e. The number of rotatable bonds is 3. The number of hydrogen-bond acceptors (Lipinski definition) is 4. The van der Waals surface area contributed by atoms with Gasteiger partial charge in [-0.3, -0.25) is 4.79 Å². The van der Waals surface area contributed by atoms with Crippen LogP contribution in [0.1, 0.15) is 36.6 Å². The van der Waals surface area contributed by atoms with Gasteiger partial charge in [0.1, 0.15) is 12.1 Å². The molecule has 0 saturated heterocycles. The number of aliphatic hydroxyl groups excluding tert-OH is 1. The number of thiophene rings is 1. The third kappa shape index (κ3) is 2.81. The van der Waals surface area contributed by atoms with Crippen LogP contribution in [0.3, 0.4) is 0 Å². The molecule has 2 unspecified atom stereocenters. The highest BCUT2D eigenvalue weighted by molar-refractivity contribution is 7.12. The Bertz CT molecular complexity index is 381. The molecule has 0 aliphatic heterocycles. The first-order chi connectivity index (χ1) is 7.23. The van der Waals surface area contributed by atoms with Crippen LogP contribution in [-0.2, 0) is 10.2 Å². The van der Waals surface area contributed by atoms with E-state index in [9.17, 15) is 9.90 Å². The van der Waals surface area contributed by atoms with Crippen molar-refractivity contribution in [1.29, 1.82) is 0 Å². The fourth-order valence-corrected chi connectivity index (χ4v) is 2.33. The van der Waals surface area contributed by atoms with Gasteiger partial charge in [0.25, 0.3) is 0 Å². The molecule has 1 aromatic heterocycles. The molecule has 4 nitrogen and oxygen atoms in total. The summed E-state index contributed by atoms with van der Waals surface area (Å²) in [6.45, 7) is 6.18. The van der Waals surface area contributed by atoms with Crippen LogP contribution in [0.2, 0.25) is 0 Å². The maximum atomic E-state index is 10.6. The third-order valence-corrected chi connectivity index (χ3v) is 3.86. The predicted octanol–water partition coefficient (Wildman–Crippen LogP) is 1.49. The van der Waals surface area contributed by atoms with Gasteiger partial charge < -0.3 is 15.9 Å². The zero-order valence-corrected chi connectivity index (χ0v) is 10.4. The van der Waals surface area contributed by atoms with E-state index < -0.39 is 18.1 Å². The minimum Gasteiger partial charge on any atom is -0.480 e. The van der Waals surface area contributed by atoms with Gasteiger partial charge >= 0.3 is 5.97 Å². The summed E-state index contributed by atoms with van der Waals surface area (Å²) in [6.07, 6.45) is -1.14. The summed E-state index contributed by atoms with van der Waals surface area (Å²) in [4.78, 5) is 12.3. The van der Waals surface area contributed by atoms with Gasteiger partial charge in [0, 0.05) is 9.75 Å². The molecule has 1 rings (SSSR count). The van der Waals surface area contributed by atoms with Crippen LogP contribution in [0.25, 0.3) is 0 Å². The van der Waals surface area contributed by atoms with Crippen LogP contribution < -0.4 is 5.73 Å². The Labute approximate surface area is 98.7 Å². The summed E-state index contributed by atoms with van der Waals surface area (Å²) in [5, 5.41) is 18.4. The van der Waals surface area contributed by atoms with E-state index in [1.54, 1.807) is 6.07 Å². The molecule has 2 atom stereocenters. The standard InChI is InChI=1S/C11H17NO3S/c1-11(2,3)7-5-4-6(16-7)9(13)8(12)10(14)15/h4-5,8-9,13H,12H2,1-3H3,(H,14,15). The molecule has 0 spiro atoms. The molecule has 0 saturated carbocycles. The summed E-state index contributed by atoms with van der Waals surface area (Å²) in [7, 11) is 0. The SMILES string of the molecule is CC(C)(C)c1ccc(C(O)C(N)C(=O)O)s1. The van der Waals surface area contributed by atoms with Crippen molar-refractivity contribution in [2.75, 3.05) is 0 Å². The maximum absolute atomic E-state index is 10.6. The minimum atomic E-state index is -1.27.